The molecule has 0 fully saturated rings. The molecule has 0 spiro atoms. The van der Waals surface area contributed by atoms with Crippen molar-refractivity contribution in [3.05, 3.63) is 45.7 Å². The number of nitrogens with zero attached hydrogens (tertiary/aromatic N) is 4. The normalized spacial score (nSPS) is 15.8. The van der Waals surface area contributed by atoms with Crippen LogP contribution >= 0.6 is 0 Å². The van der Waals surface area contributed by atoms with Gasteiger partial charge in [0.15, 0.2) is 0 Å². The standard InChI is InChI=1S/C18H25N5O2/c1-11(2)16-19-7-10-23(16)12(3)18(25)22-8-5-14-15(6-9-22)20-13(4)21-17(14)24/h7,10-12H,5-6,8-9H2,1-4H3,(H,20,21,24)/t12-/m1/s1. The summed E-state index contributed by atoms with van der Waals surface area (Å²) >= 11 is 0. The molecule has 7 heteroatoms. The van der Waals surface area contributed by atoms with Gasteiger partial charge in [-0.25, -0.2) is 9.97 Å². The Hall–Kier alpha value is -2.44. The second-order valence-electron chi connectivity index (χ2n) is 6.93. The van der Waals surface area contributed by atoms with Crippen LogP contribution in [0.3, 0.4) is 0 Å². The first-order valence-electron chi connectivity index (χ1n) is 8.78. The molecule has 0 bridgehead atoms. The third-order valence-electron chi connectivity index (χ3n) is 4.77. The molecule has 0 unspecified atom stereocenters. The lowest BCUT2D eigenvalue weighted by Crippen LogP contribution is -2.38. The number of aromatic nitrogens is 4. The average molecular weight is 343 g/mol. The number of aryl methyl sites for hydroxylation is 1. The van der Waals surface area contributed by atoms with Crippen LogP contribution in [0.15, 0.2) is 17.2 Å². The van der Waals surface area contributed by atoms with Crippen molar-refractivity contribution in [1.29, 1.82) is 0 Å². The molecule has 25 heavy (non-hydrogen) atoms. The third kappa shape index (κ3) is 3.36. The molecule has 1 aliphatic heterocycles. The fourth-order valence-corrected chi connectivity index (χ4v) is 3.44. The van der Waals surface area contributed by atoms with Crippen molar-refractivity contribution >= 4 is 5.91 Å². The molecule has 2 aromatic rings. The molecule has 1 N–H and O–H groups in total. The number of aromatic amines is 1. The largest absolute Gasteiger partial charge is 0.340 e. The predicted molar refractivity (Wildman–Crippen MR) is 94.6 cm³/mol. The highest BCUT2D eigenvalue weighted by atomic mass is 16.2. The van der Waals surface area contributed by atoms with Crippen molar-refractivity contribution in [2.45, 2.75) is 52.5 Å². The number of hydrogen-bond acceptors (Lipinski definition) is 4. The molecule has 1 aliphatic rings. The van der Waals surface area contributed by atoms with Gasteiger partial charge in [0.25, 0.3) is 5.56 Å². The minimum Gasteiger partial charge on any atom is -0.340 e. The Balaban J connectivity index is 1.79. The summed E-state index contributed by atoms with van der Waals surface area (Å²) in [5.41, 5.74) is 1.44. The smallest absolute Gasteiger partial charge is 0.254 e. The number of amides is 1. The summed E-state index contributed by atoms with van der Waals surface area (Å²) in [5, 5.41) is 0. The second-order valence-corrected chi connectivity index (χ2v) is 6.93. The van der Waals surface area contributed by atoms with Gasteiger partial charge in [0, 0.05) is 43.4 Å². The fourth-order valence-electron chi connectivity index (χ4n) is 3.44. The number of carbonyl (C=O) groups is 1. The van der Waals surface area contributed by atoms with Crippen molar-refractivity contribution in [3.8, 4) is 0 Å². The molecule has 0 radical (unpaired) electrons. The Bertz CT molecular complexity index is 836. The number of carbonyl (C=O) groups excluding carboxylic acids is 1. The summed E-state index contributed by atoms with van der Waals surface area (Å²) in [6.45, 7) is 8.94. The van der Waals surface area contributed by atoms with Gasteiger partial charge in [-0.2, -0.15) is 0 Å². The minimum atomic E-state index is -0.311. The van der Waals surface area contributed by atoms with E-state index in [1.54, 1.807) is 13.1 Å². The maximum Gasteiger partial charge on any atom is 0.254 e. The quantitative estimate of drug-likeness (QED) is 0.917. The number of imidazole rings is 1. The number of nitrogens with one attached hydrogen (secondary N) is 1. The number of fused-ring (bicyclic) bond motifs is 1. The van der Waals surface area contributed by atoms with E-state index in [9.17, 15) is 9.59 Å². The molecular formula is C18H25N5O2. The van der Waals surface area contributed by atoms with Gasteiger partial charge in [-0.1, -0.05) is 13.8 Å². The van der Waals surface area contributed by atoms with Crippen molar-refractivity contribution < 1.29 is 4.79 Å². The van der Waals surface area contributed by atoms with Crippen LogP contribution in [-0.2, 0) is 17.6 Å². The highest BCUT2D eigenvalue weighted by Gasteiger charge is 2.27. The van der Waals surface area contributed by atoms with Crippen molar-refractivity contribution in [1.82, 2.24) is 24.4 Å². The van der Waals surface area contributed by atoms with Crippen molar-refractivity contribution in [3.63, 3.8) is 0 Å². The summed E-state index contributed by atoms with van der Waals surface area (Å²) in [5.74, 6) is 1.84. The molecular weight excluding hydrogens is 318 g/mol. The molecule has 0 saturated heterocycles. The lowest BCUT2D eigenvalue weighted by molar-refractivity contribution is -0.134. The average Bonchev–Trinajstić information content (AvgIpc) is 2.95. The van der Waals surface area contributed by atoms with Crippen molar-refractivity contribution in [2.24, 2.45) is 0 Å². The lowest BCUT2D eigenvalue weighted by atomic mass is 10.1. The molecule has 3 heterocycles. The number of rotatable bonds is 3. The maximum absolute atomic E-state index is 13.0. The molecule has 134 valence electrons. The van der Waals surface area contributed by atoms with Gasteiger partial charge in [0.1, 0.15) is 17.7 Å². The Labute approximate surface area is 147 Å². The van der Waals surface area contributed by atoms with Crippen molar-refractivity contribution in [2.75, 3.05) is 13.1 Å². The monoisotopic (exact) mass is 343 g/mol. The zero-order valence-electron chi connectivity index (χ0n) is 15.2. The van der Waals surface area contributed by atoms with E-state index in [0.29, 0.717) is 37.3 Å². The van der Waals surface area contributed by atoms with Gasteiger partial charge in [-0.3, -0.25) is 9.59 Å². The first-order valence-corrected chi connectivity index (χ1v) is 8.78. The van der Waals surface area contributed by atoms with E-state index in [4.69, 9.17) is 0 Å². The lowest BCUT2D eigenvalue weighted by Gasteiger charge is -2.26. The highest BCUT2D eigenvalue weighted by Crippen LogP contribution is 2.20. The molecule has 0 aliphatic carbocycles. The third-order valence-corrected chi connectivity index (χ3v) is 4.77. The first-order chi connectivity index (χ1) is 11.9. The van der Waals surface area contributed by atoms with E-state index in [2.05, 4.69) is 28.8 Å². The van der Waals surface area contributed by atoms with Crippen LogP contribution in [-0.4, -0.2) is 43.4 Å². The summed E-state index contributed by atoms with van der Waals surface area (Å²) < 4.78 is 1.94. The predicted octanol–water partition coefficient (Wildman–Crippen LogP) is 1.59. The van der Waals surface area contributed by atoms with Crippen LogP contribution in [0.5, 0.6) is 0 Å². The zero-order valence-corrected chi connectivity index (χ0v) is 15.2. The van der Waals surface area contributed by atoms with Gasteiger partial charge in [-0.15, -0.1) is 0 Å². The zero-order chi connectivity index (χ0) is 18.1. The SMILES string of the molecule is Cc1nc2c(c(=O)[nH]1)CCN(C(=O)[C@@H](C)n1ccnc1C(C)C)CC2. The minimum absolute atomic E-state index is 0.0563. The number of H-pyrrole nitrogens is 1. The van der Waals surface area contributed by atoms with E-state index in [0.717, 1.165) is 11.5 Å². The van der Waals surface area contributed by atoms with Crippen LogP contribution in [0, 0.1) is 6.92 Å². The van der Waals surface area contributed by atoms with E-state index >= 15 is 0 Å². The summed E-state index contributed by atoms with van der Waals surface area (Å²) in [6, 6.07) is -0.311. The van der Waals surface area contributed by atoms with Gasteiger partial charge in [0.05, 0.1) is 5.69 Å². The molecule has 0 saturated carbocycles. The molecule has 2 aromatic heterocycles. The summed E-state index contributed by atoms with van der Waals surface area (Å²) in [4.78, 5) is 38.6. The van der Waals surface area contributed by atoms with Gasteiger partial charge >= 0.3 is 0 Å². The van der Waals surface area contributed by atoms with Crippen LogP contribution < -0.4 is 5.56 Å². The van der Waals surface area contributed by atoms with E-state index < -0.39 is 0 Å². The van der Waals surface area contributed by atoms with Crippen LogP contribution in [0.25, 0.3) is 0 Å². The van der Waals surface area contributed by atoms with Crippen LogP contribution in [0.4, 0.5) is 0 Å². The summed E-state index contributed by atoms with van der Waals surface area (Å²) in [6.07, 6.45) is 4.75. The summed E-state index contributed by atoms with van der Waals surface area (Å²) in [7, 11) is 0. The van der Waals surface area contributed by atoms with Crippen LogP contribution in [0.2, 0.25) is 0 Å². The molecule has 1 amide bonds. The first kappa shape index (κ1) is 17.4. The van der Waals surface area contributed by atoms with E-state index in [-0.39, 0.29) is 23.4 Å². The van der Waals surface area contributed by atoms with Gasteiger partial charge < -0.3 is 14.5 Å². The Morgan fingerprint density at radius 3 is 2.68 bits per heavy atom. The fraction of sp³-hybridized carbons (Fsp3) is 0.556. The molecule has 0 aromatic carbocycles. The van der Waals surface area contributed by atoms with Gasteiger partial charge in [-0.05, 0) is 20.3 Å². The maximum atomic E-state index is 13.0. The number of hydrogen-bond donors (Lipinski definition) is 1. The molecule has 7 nitrogen and oxygen atoms in total. The molecule has 3 rings (SSSR count). The van der Waals surface area contributed by atoms with E-state index in [1.165, 1.54) is 0 Å². The van der Waals surface area contributed by atoms with Gasteiger partial charge in [0.2, 0.25) is 5.91 Å². The Kier molecular flexibility index (Phi) is 4.74. The topological polar surface area (TPSA) is 83.9 Å². The van der Waals surface area contributed by atoms with Crippen LogP contribution in [0.1, 0.15) is 55.6 Å². The Morgan fingerprint density at radius 1 is 1.24 bits per heavy atom. The van der Waals surface area contributed by atoms with E-state index in [1.807, 2.05) is 22.6 Å². The Morgan fingerprint density at radius 2 is 1.96 bits per heavy atom. The second kappa shape index (κ2) is 6.82. The highest BCUT2D eigenvalue weighted by molar-refractivity contribution is 5.80. The molecule has 1 atom stereocenters.